The van der Waals surface area contributed by atoms with Crippen LogP contribution >= 0.6 is 0 Å². The van der Waals surface area contributed by atoms with Gasteiger partial charge in [0.1, 0.15) is 122 Å². The lowest BCUT2D eigenvalue weighted by Gasteiger charge is -2.62. The summed E-state index contributed by atoms with van der Waals surface area (Å²) in [5, 5.41) is 205. The van der Waals surface area contributed by atoms with Crippen LogP contribution in [-0.2, 0) is 52.1 Å². The van der Waals surface area contributed by atoms with Gasteiger partial charge in [-0.1, -0.05) is 27.7 Å². The van der Waals surface area contributed by atoms with E-state index in [1.807, 2.05) is 13.8 Å². The van der Waals surface area contributed by atoms with Crippen LogP contribution in [0.1, 0.15) is 85.5 Å². The molecule has 4 saturated carbocycles. The maximum atomic E-state index is 12.4. The quantitative estimate of drug-likeness (QED) is 0.0534. The van der Waals surface area contributed by atoms with E-state index in [1.54, 1.807) is 0 Å². The normalized spacial score (nSPS) is 55.6. The molecule has 19 N–H and O–H groups in total. The van der Waals surface area contributed by atoms with Crippen molar-refractivity contribution in [3.63, 3.8) is 0 Å². The third kappa shape index (κ3) is 12.5. The van der Waals surface area contributed by atoms with Crippen LogP contribution in [0.3, 0.4) is 0 Å². The largest absolute Gasteiger partial charge is 0.394 e. The summed E-state index contributed by atoms with van der Waals surface area (Å²) in [6, 6.07) is 0. The molecule has 10 aliphatic rings. The van der Waals surface area contributed by atoms with Gasteiger partial charge in [-0.15, -0.1) is 0 Å². The molecule has 0 spiro atoms. The molecule has 10 rings (SSSR count). The second-order valence-electron chi connectivity index (χ2n) is 27.2. The van der Waals surface area contributed by atoms with E-state index in [4.69, 9.17) is 52.1 Å². The molecule has 87 heavy (non-hydrogen) atoms. The van der Waals surface area contributed by atoms with Crippen LogP contribution in [0.15, 0.2) is 0 Å². The Hall–Kier alpha value is -1.20. The highest BCUT2D eigenvalue weighted by Gasteiger charge is 2.71. The first kappa shape index (κ1) is 68.7. The lowest BCUT2D eigenvalue weighted by atomic mass is 9.43. The van der Waals surface area contributed by atoms with Crippen LogP contribution in [0.5, 0.6) is 0 Å². The Kier molecular flexibility index (Phi) is 21.5. The molecule has 0 radical (unpaired) electrons. The summed E-state index contributed by atoms with van der Waals surface area (Å²) in [6.07, 6.45) is -39.9. The fourth-order valence-corrected chi connectivity index (χ4v) is 17.1. The van der Waals surface area contributed by atoms with Gasteiger partial charge in [0.25, 0.3) is 0 Å². The minimum atomic E-state index is -2.08. The Labute approximate surface area is 502 Å². The zero-order valence-corrected chi connectivity index (χ0v) is 49.3. The van der Waals surface area contributed by atoms with Crippen molar-refractivity contribution >= 4 is 0 Å². The average molecular weight is 1260 g/mol. The average Bonchev–Trinajstić information content (AvgIpc) is 1.58. The van der Waals surface area contributed by atoms with Gasteiger partial charge in [-0.3, -0.25) is 0 Å². The highest BCUT2D eigenvalue weighted by molar-refractivity contribution is 5.18. The molecule has 0 bridgehead atoms. The molecule has 38 unspecified atom stereocenters. The molecule has 10 fully saturated rings. The van der Waals surface area contributed by atoms with E-state index in [0.29, 0.717) is 38.5 Å². The van der Waals surface area contributed by atoms with Crippen LogP contribution in [0, 0.1) is 52.3 Å². The van der Waals surface area contributed by atoms with Gasteiger partial charge in [0.2, 0.25) is 0 Å². The molecule has 30 heteroatoms. The first-order chi connectivity index (χ1) is 41.2. The van der Waals surface area contributed by atoms with Crippen molar-refractivity contribution in [2.24, 2.45) is 52.3 Å². The SMILES string of the molecule is CC(CCC1(O)OC2CC3C4CCC5CC(OC6OC(CO)C(OC7OC(CO)C(O)C(OC8OC(CO)C(O)C(O)C8O)C7OC7OC(CO)C(O)C(O)C7O)C(O)C6O)CCC5(C)C4CC(O)C3(C)C2C1C)COC1OC(CO)C(O)C(O)C1O. The maximum absolute atomic E-state index is 12.4. The molecule has 0 aromatic carbocycles. The number of hydrogen-bond acceptors (Lipinski definition) is 30. The smallest absolute Gasteiger partial charge is 0.187 e. The zero-order valence-electron chi connectivity index (χ0n) is 49.3. The van der Waals surface area contributed by atoms with Gasteiger partial charge < -0.3 is 149 Å². The van der Waals surface area contributed by atoms with Crippen LogP contribution in [0.2, 0.25) is 0 Å². The summed E-state index contributed by atoms with van der Waals surface area (Å²) in [6.45, 7) is 4.25. The van der Waals surface area contributed by atoms with Gasteiger partial charge in [-0.2, -0.15) is 0 Å². The molecule has 0 aromatic heterocycles. The Morgan fingerprint density at radius 3 is 1.54 bits per heavy atom. The molecule has 6 saturated heterocycles. The molecule has 504 valence electrons. The van der Waals surface area contributed by atoms with Crippen molar-refractivity contribution in [3.8, 4) is 0 Å². The third-order valence-corrected chi connectivity index (χ3v) is 22.3. The molecule has 6 aliphatic heterocycles. The van der Waals surface area contributed by atoms with Crippen LogP contribution in [-0.4, -0.2) is 314 Å². The van der Waals surface area contributed by atoms with Gasteiger partial charge >= 0.3 is 0 Å². The molecule has 0 aromatic rings. The number of rotatable bonds is 19. The van der Waals surface area contributed by atoms with Crippen molar-refractivity contribution < 1.29 is 149 Å². The summed E-state index contributed by atoms with van der Waals surface area (Å²) in [5.41, 5.74) is -0.773. The van der Waals surface area contributed by atoms with Crippen molar-refractivity contribution in [2.75, 3.05) is 39.6 Å². The molecular weight excluding hydrogens is 1160 g/mol. The highest BCUT2D eigenvalue weighted by Crippen LogP contribution is 2.71. The molecular formula is C57H96O30. The lowest BCUT2D eigenvalue weighted by Crippen LogP contribution is -2.68. The van der Waals surface area contributed by atoms with E-state index in [1.165, 1.54) is 0 Å². The predicted molar refractivity (Wildman–Crippen MR) is 286 cm³/mol. The van der Waals surface area contributed by atoms with E-state index in [9.17, 15) is 97.0 Å². The first-order valence-electron chi connectivity index (χ1n) is 31.0. The van der Waals surface area contributed by atoms with E-state index in [0.717, 1.165) is 12.8 Å². The summed E-state index contributed by atoms with van der Waals surface area (Å²) in [4.78, 5) is 0. The molecule has 0 amide bonds. The minimum Gasteiger partial charge on any atom is -0.394 e. The van der Waals surface area contributed by atoms with E-state index in [-0.39, 0.29) is 66.0 Å². The van der Waals surface area contributed by atoms with Crippen molar-refractivity contribution in [1.82, 2.24) is 0 Å². The molecule has 38 atom stereocenters. The Bertz CT molecular complexity index is 2220. The van der Waals surface area contributed by atoms with Gasteiger partial charge in [-0.05, 0) is 86.4 Å². The number of ether oxygens (including phenoxy) is 11. The maximum Gasteiger partial charge on any atom is 0.187 e. The van der Waals surface area contributed by atoms with Crippen LogP contribution in [0.25, 0.3) is 0 Å². The van der Waals surface area contributed by atoms with E-state index < -0.39 is 210 Å². The molecule has 30 nitrogen and oxygen atoms in total. The summed E-state index contributed by atoms with van der Waals surface area (Å²) < 4.78 is 65.8. The fourth-order valence-electron chi connectivity index (χ4n) is 17.1. The summed E-state index contributed by atoms with van der Waals surface area (Å²) in [7, 11) is 0. The van der Waals surface area contributed by atoms with Gasteiger partial charge in [0, 0.05) is 23.7 Å². The van der Waals surface area contributed by atoms with E-state index in [2.05, 4.69) is 13.8 Å². The van der Waals surface area contributed by atoms with Crippen LogP contribution < -0.4 is 0 Å². The third-order valence-electron chi connectivity index (χ3n) is 22.3. The second-order valence-corrected chi connectivity index (χ2v) is 27.2. The zero-order chi connectivity index (χ0) is 63.1. The standard InChI is InChI=1S/C57H96O30/c1-20(19-77-50-43(72)39(68)35(64)28(14-58)79-50)7-10-57(76)21(2)34-27(87-57)12-26-24-6-5-22-11-23(8-9-55(22,3)25(24)13-33(63)56(26,34)4)78-51-46(75)42(71)47(32(18-62)83-51)84-54-49(86-53-45(74)41(70)37(66)30(16-60)81-53)48(38(67)31(17-61)82-54)85-52-44(73)40(69)36(65)29(15-59)80-52/h20-54,58-76H,5-19H2,1-4H3. The first-order valence-corrected chi connectivity index (χ1v) is 31.0. The topological polar surface area (TPSA) is 486 Å². The van der Waals surface area contributed by atoms with Crippen molar-refractivity contribution in [3.05, 3.63) is 0 Å². The van der Waals surface area contributed by atoms with Gasteiger partial charge in [-0.25, -0.2) is 0 Å². The van der Waals surface area contributed by atoms with Crippen LogP contribution in [0.4, 0.5) is 0 Å². The van der Waals surface area contributed by atoms with Crippen molar-refractivity contribution in [2.45, 2.75) is 263 Å². The number of aliphatic hydroxyl groups is 19. The fraction of sp³-hybridized carbons (Fsp3) is 1.00. The minimum absolute atomic E-state index is 0.0910. The number of aliphatic hydroxyl groups excluding tert-OH is 18. The van der Waals surface area contributed by atoms with Gasteiger partial charge in [0.05, 0.1) is 58.0 Å². The molecule has 4 aliphatic carbocycles. The number of hydrogen-bond donors (Lipinski definition) is 19. The van der Waals surface area contributed by atoms with Crippen molar-refractivity contribution in [1.29, 1.82) is 0 Å². The lowest BCUT2D eigenvalue weighted by molar-refractivity contribution is -0.406. The number of fused-ring (bicyclic) bond motifs is 7. The summed E-state index contributed by atoms with van der Waals surface area (Å²) >= 11 is 0. The van der Waals surface area contributed by atoms with Gasteiger partial charge in [0.15, 0.2) is 37.2 Å². The monoisotopic (exact) mass is 1260 g/mol. The predicted octanol–water partition coefficient (Wildman–Crippen LogP) is -7.16. The highest BCUT2D eigenvalue weighted by atomic mass is 16.8. The Balaban J connectivity index is 0.775. The Morgan fingerprint density at radius 2 is 0.966 bits per heavy atom. The molecule has 6 heterocycles. The Morgan fingerprint density at radius 1 is 0.483 bits per heavy atom. The second kappa shape index (κ2) is 27.3. The summed E-state index contributed by atoms with van der Waals surface area (Å²) in [5.74, 6) is -1.46. The van der Waals surface area contributed by atoms with E-state index >= 15 is 0 Å².